The van der Waals surface area contributed by atoms with Crippen LogP contribution in [0.3, 0.4) is 0 Å². The SMILES string of the molecule is CCCCCCCCCCc1ccc([O-])c(C(c2ccco2)c2cc(CCCCCCCCCC)ccc2[O-])c1.[Ca+2]. The van der Waals surface area contributed by atoms with E-state index in [0.717, 1.165) is 25.7 Å². The molecule has 0 aliphatic heterocycles. The standard InChI is InChI=1S/C37H54O3.Ca/c1-3-5-7-9-11-13-15-17-20-30-23-25-34(38)32(28-30)37(36-22-19-27-40-36)33-29-31(24-26-35(33)39)21-18-16-14-12-10-8-6-4-2;/h19,22-29,37-39H,3-18,20-21H2,1-2H3;/q;+2/p-2. The zero-order valence-electron chi connectivity index (χ0n) is 25.9. The van der Waals surface area contributed by atoms with Crippen LogP contribution in [0.2, 0.25) is 0 Å². The molecule has 3 rings (SSSR count). The van der Waals surface area contributed by atoms with E-state index in [1.807, 2.05) is 36.4 Å². The first-order chi connectivity index (χ1) is 19.6. The first-order valence-electron chi connectivity index (χ1n) is 16.3. The Balaban J connectivity index is 0.00000588. The zero-order chi connectivity index (χ0) is 28.4. The third-order valence-electron chi connectivity index (χ3n) is 8.24. The van der Waals surface area contributed by atoms with E-state index in [-0.39, 0.29) is 49.2 Å². The first kappa shape index (κ1) is 35.8. The van der Waals surface area contributed by atoms with Crippen LogP contribution < -0.4 is 10.2 Å². The van der Waals surface area contributed by atoms with Gasteiger partial charge in [-0.3, -0.25) is 0 Å². The van der Waals surface area contributed by atoms with E-state index >= 15 is 0 Å². The number of benzene rings is 2. The second-order valence-corrected chi connectivity index (χ2v) is 11.6. The Bertz CT molecular complexity index is 1010. The van der Waals surface area contributed by atoms with Crippen molar-refractivity contribution in [3.8, 4) is 11.5 Å². The molecule has 41 heavy (non-hydrogen) atoms. The van der Waals surface area contributed by atoms with Gasteiger partial charge in [0, 0.05) is 0 Å². The van der Waals surface area contributed by atoms with Gasteiger partial charge in [-0.1, -0.05) is 140 Å². The van der Waals surface area contributed by atoms with Crippen LogP contribution in [-0.2, 0) is 12.8 Å². The van der Waals surface area contributed by atoms with Crippen molar-refractivity contribution in [2.45, 2.75) is 135 Å². The van der Waals surface area contributed by atoms with Gasteiger partial charge in [-0.05, 0) is 60.1 Å². The van der Waals surface area contributed by atoms with Gasteiger partial charge in [-0.15, -0.1) is 11.5 Å². The van der Waals surface area contributed by atoms with Crippen molar-refractivity contribution in [2.24, 2.45) is 0 Å². The molecule has 0 aliphatic carbocycles. The molecule has 0 saturated heterocycles. The van der Waals surface area contributed by atoms with Gasteiger partial charge >= 0.3 is 37.7 Å². The molecule has 1 aromatic heterocycles. The summed E-state index contributed by atoms with van der Waals surface area (Å²) >= 11 is 0. The van der Waals surface area contributed by atoms with E-state index in [1.54, 1.807) is 18.4 Å². The van der Waals surface area contributed by atoms with Gasteiger partial charge in [0.05, 0.1) is 12.2 Å². The summed E-state index contributed by atoms with van der Waals surface area (Å²) in [6.07, 6.45) is 24.0. The molecule has 0 radical (unpaired) electrons. The predicted molar refractivity (Wildman–Crippen MR) is 170 cm³/mol. The molecule has 0 N–H and O–H groups in total. The van der Waals surface area contributed by atoms with Gasteiger partial charge in [0.2, 0.25) is 0 Å². The molecule has 1 heterocycles. The van der Waals surface area contributed by atoms with E-state index in [4.69, 9.17) is 4.42 Å². The fourth-order valence-electron chi connectivity index (χ4n) is 5.81. The number of aryl methyl sites for hydroxylation is 2. The van der Waals surface area contributed by atoms with Crippen LogP contribution in [0.4, 0.5) is 0 Å². The smallest absolute Gasteiger partial charge is 0.872 e. The molecule has 0 aliphatic rings. The molecular formula is C37H52CaO3. The average Bonchev–Trinajstić information content (AvgIpc) is 3.49. The second kappa shape index (κ2) is 21.3. The molecule has 0 fully saturated rings. The van der Waals surface area contributed by atoms with Crippen molar-refractivity contribution in [1.29, 1.82) is 0 Å². The summed E-state index contributed by atoms with van der Waals surface area (Å²) in [4.78, 5) is 0. The van der Waals surface area contributed by atoms with Gasteiger partial charge in [-0.2, -0.15) is 0 Å². The number of furan rings is 1. The third-order valence-corrected chi connectivity index (χ3v) is 8.24. The van der Waals surface area contributed by atoms with Crippen molar-refractivity contribution in [3.63, 3.8) is 0 Å². The Hall–Kier alpha value is -1.42. The normalized spacial score (nSPS) is 11.2. The molecule has 0 bridgehead atoms. The summed E-state index contributed by atoms with van der Waals surface area (Å²) in [7, 11) is 0. The molecule has 0 amide bonds. The second-order valence-electron chi connectivity index (χ2n) is 11.6. The molecule has 0 saturated carbocycles. The average molecular weight is 585 g/mol. The summed E-state index contributed by atoms with van der Waals surface area (Å²) in [6, 6.07) is 15.1. The van der Waals surface area contributed by atoms with Crippen LogP contribution in [0.15, 0.2) is 59.2 Å². The van der Waals surface area contributed by atoms with Gasteiger partial charge in [0.25, 0.3) is 0 Å². The maximum Gasteiger partial charge on any atom is 2.00 e. The molecule has 3 nitrogen and oxygen atoms in total. The Morgan fingerprint density at radius 1 is 0.561 bits per heavy atom. The summed E-state index contributed by atoms with van der Waals surface area (Å²) in [6.45, 7) is 4.51. The number of hydrogen-bond donors (Lipinski definition) is 0. The van der Waals surface area contributed by atoms with E-state index in [0.29, 0.717) is 16.9 Å². The largest absolute Gasteiger partial charge is 2.00 e. The summed E-state index contributed by atoms with van der Waals surface area (Å²) < 4.78 is 5.82. The van der Waals surface area contributed by atoms with Crippen LogP contribution in [-0.4, -0.2) is 37.7 Å². The Morgan fingerprint density at radius 2 is 0.976 bits per heavy atom. The van der Waals surface area contributed by atoms with Gasteiger partial charge in [-0.25, -0.2) is 0 Å². The molecule has 0 atom stereocenters. The van der Waals surface area contributed by atoms with Crippen molar-refractivity contribution < 1.29 is 14.6 Å². The summed E-state index contributed by atoms with van der Waals surface area (Å²) in [5, 5.41) is 26.3. The van der Waals surface area contributed by atoms with E-state index in [9.17, 15) is 10.2 Å². The maximum atomic E-state index is 13.2. The minimum Gasteiger partial charge on any atom is -0.872 e. The van der Waals surface area contributed by atoms with Crippen LogP contribution in [0.5, 0.6) is 11.5 Å². The molecule has 0 unspecified atom stereocenters. The van der Waals surface area contributed by atoms with E-state index < -0.39 is 5.92 Å². The van der Waals surface area contributed by atoms with Gasteiger partial charge in [0.1, 0.15) is 5.76 Å². The maximum absolute atomic E-state index is 13.2. The quantitative estimate of drug-likeness (QED) is 0.0925. The minimum atomic E-state index is -0.480. The Kier molecular flexibility index (Phi) is 18.6. The van der Waals surface area contributed by atoms with Gasteiger partial charge < -0.3 is 14.6 Å². The fraction of sp³-hybridized carbons (Fsp3) is 0.568. The molecule has 0 spiro atoms. The molecule has 3 aromatic rings. The number of rotatable bonds is 21. The van der Waals surface area contributed by atoms with Crippen molar-refractivity contribution in [2.75, 3.05) is 0 Å². The molecular weight excluding hydrogens is 532 g/mol. The molecule has 4 heteroatoms. The van der Waals surface area contributed by atoms with Crippen molar-refractivity contribution in [1.82, 2.24) is 0 Å². The number of hydrogen-bond acceptors (Lipinski definition) is 3. The zero-order valence-corrected chi connectivity index (χ0v) is 28.1. The monoisotopic (exact) mass is 584 g/mol. The first-order valence-corrected chi connectivity index (χ1v) is 16.3. The summed E-state index contributed by atoms with van der Waals surface area (Å²) in [5.41, 5.74) is 3.63. The predicted octanol–water partition coefficient (Wildman–Crippen LogP) is 9.59. The van der Waals surface area contributed by atoms with Crippen LogP contribution in [0.1, 0.15) is 151 Å². The van der Waals surface area contributed by atoms with Gasteiger partial charge in [0.15, 0.2) is 0 Å². The number of unbranched alkanes of at least 4 members (excludes halogenated alkanes) is 14. The topological polar surface area (TPSA) is 59.3 Å². The fourth-order valence-corrected chi connectivity index (χ4v) is 5.81. The van der Waals surface area contributed by atoms with Crippen molar-refractivity contribution in [3.05, 3.63) is 82.8 Å². The third kappa shape index (κ3) is 12.8. The minimum absolute atomic E-state index is 0. The van der Waals surface area contributed by atoms with Crippen LogP contribution >= 0.6 is 0 Å². The van der Waals surface area contributed by atoms with Crippen LogP contribution in [0, 0.1) is 0 Å². The molecule has 2 aromatic carbocycles. The molecule has 220 valence electrons. The summed E-state index contributed by atoms with van der Waals surface area (Å²) in [5.74, 6) is 0.109. The van der Waals surface area contributed by atoms with E-state index in [1.165, 1.54) is 101 Å². The van der Waals surface area contributed by atoms with Crippen molar-refractivity contribution >= 4 is 37.7 Å². The Labute approximate surface area is 280 Å². The Morgan fingerprint density at radius 3 is 1.37 bits per heavy atom. The van der Waals surface area contributed by atoms with Crippen LogP contribution in [0.25, 0.3) is 0 Å². The van der Waals surface area contributed by atoms with E-state index in [2.05, 4.69) is 13.8 Å².